The van der Waals surface area contributed by atoms with Crippen molar-refractivity contribution in [2.45, 2.75) is 51.2 Å². The van der Waals surface area contributed by atoms with Crippen LogP contribution in [0.15, 0.2) is 6.20 Å². The number of amides is 1. The molecule has 0 bridgehead atoms. The summed E-state index contributed by atoms with van der Waals surface area (Å²) in [6.07, 6.45) is 6.81. The van der Waals surface area contributed by atoms with E-state index in [4.69, 9.17) is 0 Å². The molecule has 126 valence electrons. The second-order valence-electron chi connectivity index (χ2n) is 7.22. The summed E-state index contributed by atoms with van der Waals surface area (Å²) in [7, 11) is 0. The van der Waals surface area contributed by atoms with Crippen molar-refractivity contribution in [3.05, 3.63) is 17.5 Å². The molecule has 1 aromatic heterocycles. The highest BCUT2D eigenvalue weighted by Crippen LogP contribution is 2.27. The van der Waals surface area contributed by atoms with Gasteiger partial charge in [-0.15, -0.1) is 0 Å². The number of aromatic nitrogens is 2. The Morgan fingerprint density at radius 3 is 2.83 bits per heavy atom. The number of alkyl halides is 1. The Kier molecular flexibility index (Phi) is 4.09. The number of aryl methyl sites for hydroxylation is 1. The molecule has 4 rings (SSSR count). The molecule has 1 unspecified atom stereocenters. The summed E-state index contributed by atoms with van der Waals surface area (Å²) in [5.41, 5.74) is 2.78. The van der Waals surface area contributed by atoms with Gasteiger partial charge in [0.25, 0.3) is 0 Å². The van der Waals surface area contributed by atoms with Crippen LogP contribution in [0.1, 0.15) is 36.9 Å². The van der Waals surface area contributed by atoms with Gasteiger partial charge in [0, 0.05) is 62.4 Å². The minimum atomic E-state index is -0.367. The molecule has 0 radical (unpaired) electrons. The minimum Gasteiger partial charge on any atom is -0.339 e. The van der Waals surface area contributed by atoms with Crippen molar-refractivity contribution in [3.63, 3.8) is 0 Å². The first-order valence-electron chi connectivity index (χ1n) is 8.86. The number of likely N-dealkylation sites (tertiary alicyclic amines) is 2. The third-order valence-electron chi connectivity index (χ3n) is 5.67. The molecule has 3 aliphatic rings. The predicted molar refractivity (Wildman–Crippen MR) is 84.6 cm³/mol. The maximum Gasteiger partial charge on any atom is 0.223 e. The monoisotopic (exact) mass is 320 g/mol. The van der Waals surface area contributed by atoms with Crippen LogP contribution in [-0.4, -0.2) is 57.8 Å². The highest BCUT2D eigenvalue weighted by molar-refractivity contribution is 5.79. The summed E-state index contributed by atoms with van der Waals surface area (Å²) < 4.78 is 14.9. The molecule has 0 aromatic carbocycles. The number of halogens is 1. The van der Waals surface area contributed by atoms with Crippen LogP contribution >= 0.6 is 0 Å². The van der Waals surface area contributed by atoms with Crippen LogP contribution in [0.5, 0.6) is 0 Å². The number of rotatable bonds is 4. The molecule has 2 fully saturated rings. The molecule has 2 saturated heterocycles. The second kappa shape index (κ2) is 6.23. The van der Waals surface area contributed by atoms with Crippen molar-refractivity contribution >= 4 is 5.91 Å². The molecule has 1 atom stereocenters. The van der Waals surface area contributed by atoms with E-state index in [1.165, 1.54) is 17.7 Å². The van der Waals surface area contributed by atoms with E-state index >= 15 is 0 Å². The van der Waals surface area contributed by atoms with Gasteiger partial charge >= 0.3 is 0 Å². The number of carbonyl (C=O) groups is 1. The van der Waals surface area contributed by atoms with E-state index in [1.54, 1.807) is 0 Å². The Labute approximate surface area is 136 Å². The molecule has 0 saturated carbocycles. The van der Waals surface area contributed by atoms with Crippen LogP contribution in [0.3, 0.4) is 0 Å². The summed E-state index contributed by atoms with van der Waals surface area (Å²) in [5.74, 6) is 0.0797. The zero-order valence-electron chi connectivity index (χ0n) is 13.6. The third kappa shape index (κ3) is 2.89. The first kappa shape index (κ1) is 15.1. The molecule has 23 heavy (non-hydrogen) atoms. The van der Waals surface area contributed by atoms with Crippen molar-refractivity contribution in [3.8, 4) is 0 Å². The number of carbonyl (C=O) groups excluding carboxylic acids is 1. The van der Waals surface area contributed by atoms with Gasteiger partial charge in [-0.3, -0.25) is 18.8 Å². The first-order chi connectivity index (χ1) is 11.2. The predicted octanol–water partition coefficient (Wildman–Crippen LogP) is 1.61. The summed E-state index contributed by atoms with van der Waals surface area (Å²) >= 11 is 0. The summed E-state index contributed by atoms with van der Waals surface area (Å²) in [4.78, 5) is 16.5. The third-order valence-corrected chi connectivity index (χ3v) is 5.67. The lowest BCUT2D eigenvalue weighted by Gasteiger charge is -2.36. The molecule has 3 aliphatic heterocycles. The van der Waals surface area contributed by atoms with Crippen molar-refractivity contribution in [1.82, 2.24) is 19.6 Å². The molecule has 0 spiro atoms. The lowest BCUT2D eigenvalue weighted by atomic mass is 10.0. The van der Waals surface area contributed by atoms with E-state index in [-0.39, 0.29) is 18.5 Å². The van der Waals surface area contributed by atoms with Gasteiger partial charge in [-0.1, -0.05) is 0 Å². The van der Waals surface area contributed by atoms with Crippen LogP contribution in [-0.2, 0) is 24.3 Å². The SMILES string of the molecule is O=C1CC(CF)CN1C1CCN(Cc2cnn3c2CCC3)CC1. The smallest absolute Gasteiger partial charge is 0.223 e. The Morgan fingerprint density at radius 2 is 2.09 bits per heavy atom. The average molecular weight is 320 g/mol. The number of piperidine rings is 1. The summed E-state index contributed by atoms with van der Waals surface area (Å²) in [6, 6.07) is 0.313. The molecule has 6 heteroatoms. The minimum absolute atomic E-state index is 0.0736. The van der Waals surface area contributed by atoms with Crippen molar-refractivity contribution in [2.75, 3.05) is 26.3 Å². The largest absolute Gasteiger partial charge is 0.339 e. The topological polar surface area (TPSA) is 41.4 Å². The van der Waals surface area contributed by atoms with Crippen LogP contribution in [0, 0.1) is 5.92 Å². The van der Waals surface area contributed by atoms with E-state index in [1.807, 2.05) is 11.1 Å². The van der Waals surface area contributed by atoms with Gasteiger partial charge < -0.3 is 4.90 Å². The fourth-order valence-electron chi connectivity index (χ4n) is 4.35. The highest BCUT2D eigenvalue weighted by atomic mass is 19.1. The van der Waals surface area contributed by atoms with Gasteiger partial charge in [-0.25, -0.2) is 0 Å². The lowest BCUT2D eigenvalue weighted by Crippen LogP contribution is -2.45. The van der Waals surface area contributed by atoms with E-state index in [2.05, 4.69) is 14.7 Å². The zero-order valence-corrected chi connectivity index (χ0v) is 13.6. The quantitative estimate of drug-likeness (QED) is 0.846. The zero-order chi connectivity index (χ0) is 15.8. The van der Waals surface area contributed by atoms with Gasteiger partial charge in [0.15, 0.2) is 0 Å². The van der Waals surface area contributed by atoms with E-state index in [9.17, 15) is 9.18 Å². The van der Waals surface area contributed by atoms with Crippen molar-refractivity contribution in [2.24, 2.45) is 5.92 Å². The maximum atomic E-state index is 12.8. The number of hydrogen-bond acceptors (Lipinski definition) is 3. The first-order valence-corrected chi connectivity index (χ1v) is 8.86. The molecule has 1 amide bonds. The van der Waals surface area contributed by atoms with Gasteiger partial charge in [-0.2, -0.15) is 5.10 Å². The number of fused-ring (bicyclic) bond motifs is 1. The highest BCUT2D eigenvalue weighted by Gasteiger charge is 2.35. The van der Waals surface area contributed by atoms with E-state index in [0.29, 0.717) is 19.0 Å². The fraction of sp³-hybridized carbons (Fsp3) is 0.765. The maximum absolute atomic E-state index is 12.8. The normalized spacial score (nSPS) is 26.2. The van der Waals surface area contributed by atoms with Gasteiger partial charge in [-0.05, 0) is 25.7 Å². The van der Waals surface area contributed by atoms with Crippen LogP contribution in [0.2, 0.25) is 0 Å². The van der Waals surface area contributed by atoms with Gasteiger partial charge in [0.05, 0.1) is 12.9 Å². The molecule has 0 N–H and O–H groups in total. The van der Waals surface area contributed by atoms with Crippen molar-refractivity contribution in [1.29, 1.82) is 0 Å². The Bertz CT molecular complexity index is 579. The molecule has 1 aromatic rings. The van der Waals surface area contributed by atoms with Gasteiger partial charge in [0.1, 0.15) is 0 Å². The summed E-state index contributed by atoms with van der Waals surface area (Å²) in [6.45, 7) is 4.32. The van der Waals surface area contributed by atoms with Crippen LogP contribution in [0.25, 0.3) is 0 Å². The Morgan fingerprint density at radius 1 is 1.26 bits per heavy atom. The number of hydrogen-bond donors (Lipinski definition) is 0. The average Bonchev–Trinajstić information content (AvgIpc) is 3.25. The molecular weight excluding hydrogens is 295 g/mol. The fourth-order valence-corrected chi connectivity index (χ4v) is 4.35. The Balaban J connectivity index is 1.32. The summed E-state index contributed by atoms with van der Waals surface area (Å²) in [5, 5.41) is 4.47. The lowest BCUT2D eigenvalue weighted by molar-refractivity contribution is -0.130. The Hall–Kier alpha value is -1.43. The van der Waals surface area contributed by atoms with Gasteiger partial charge in [0.2, 0.25) is 5.91 Å². The van der Waals surface area contributed by atoms with Crippen molar-refractivity contribution < 1.29 is 9.18 Å². The molecule has 0 aliphatic carbocycles. The van der Waals surface area contributed by atoms with Crippen LogP contribution < -0.4 is 0 Å². The second-order valence-corrected chi connectivity index (χ2v) is 7.22. The van der Waals surface area contributed by atoms with E-state index in [0.717, 1.165) is 45.4 Å². The number of nitrogens with zero attached hydrogens (tertiary/aromatic N) is 4. The standard InChI is InChI=1S/C17H25FN4O/c18-9-13-8-17(23)21(11-13)15-3-6-20(7-4-15)12-14-10-19-22-5-1-2-16(14)22/h10,13,15H,1-9,11-12H2. The molecule has 4 heterocycles. The van der Waals surface area contributed by atoms with E-state index < -0.39 is 0 Å². The molecular formula is C17H25FN4O. The van der Waals surface area contributed by atoms with Crippen LogP contribution in [0.4, 0.5) is 4.39 Å². The molecule has 5 nitrogen and oxygen atoms in total.